The number of hydrogen-bond acceptors (Lipinski definition) is 4. The lowest BCUT2D eigenvalue weighted by molar-refractivity contribution is -0.135. The van der Waals surface area contributed by atoms with Crippen LogP contribution in [0.15, 0.2) is 0 Å². The maximum absolute atomic E-state index is 12.3. The summed E-state index contributed by atoms with van der Waals surface area (Å²) < 4.78 is 28.1. The quantitative estimate of drug-likeness (QED) is 0.740. The topological polar surface area (TPSA) is 63.7 Å². The number of nitrogens with zero attached hydrogens (tertiary/aromatic N) is 1. The van der Waals surface area contributed by atoms with E-state index < -0.39 is 9.84 Å². The van der Waals surface area contributed by atoms with Gasteiger partial charge in [-0.1, -0.05) is 0 Å². The third-order valence-electron chi connectivity index (χ3n) is 3.78. The molecule has 0 spiro atoms. The molecule has 0 unspecified atom stereocenters. The van der Waals surface area contributed by atoms with Crippen LogP contribution in [0.4, 0.5) is 0 Å². The van der Waals surface area contributed by atoms with Crippen molar-refractivity contribution in [1.82, 2.24) is 4.90 Å². The van der Waals surface area contributed by atoms with Crippen LogP contribution in [0.25, 0.3) is 0 Å². The van der Waals surface area contributed by atoms with Gasteiger partial charge in [0.2, 0.25) is 5.91 Å². The summed E-state index contributed by atoms with van der Waals surface area (Å²) in [5, 5.41) is 0. The fraction of sp³-hybridized carbons (Fsp3) is 0.917. The van der Waals surface area contributed by atoms with Crippen molar-refractivity contribution in [3.8, 4) is 0 Å². The predicted octanol–water partition coefficient (Wildman–Crippen LogP) is 0.306. The number of ether oxygens (including phenoxy) is 1. The number of sulfone groups is 1. The standard InChI is InChI=1S/C12H21NO4S/c1-2-13(7-10-3-5-17-8-10)12(14)11-4-6-18(15,16)9-11/h10-11H,2-9H2,1H3/t10-,11+/m1/s1. The predicted molar refractivity (Wildman–Crippen MR) is 67.9 cm³/mol. The van der Waals surface area contributed by atoms with E-state index in [1.807, 2.05) is 6.92 Å². The second-order valence-corrected chi connectivity index (χ2v) is 7.44. The zero-order valence-electron chi connectivity index (χ0n) is 10.8. The van der Waals surface area contributed by atoms with Gasteiger partial charge in [0.25, 0.3) is 0 Å². The molecule has 0 saturated carbocycles. The highest BCUT2D eigenvalue weighted by atomic mass is 32.2. The van der Waals surface area contributed by atoms with Crippen LogP contribution in [-0.2, 0) is 19.4 Å². The number of carbonyl (C=O) groups is 1. The first-order valence-electron chi connectivity index (χ1n) is 6.59. The fourth-order valence-electron chi connectivity index (χ4n) is 2.66. The molecule has 2 aliphatic rings. The minimum atomic E-state index is -2.98. The summed E-state index contributed by atoms with van der Waals surface area (Å²) >= 11 is 0. The molecule has 1 amide bonds. The van der Waals surface area contributed by atoms with Crippen molar-refractivity contribution in [2.75, 3.05) is 37.8 Å². The SMILES string of the molecule is CCN(C[C@H]1CCOC1)C(=O)[C@H]1CCS(=O)(=O)C1. The maximum Gasteiger partial charge on any atom is 0.226 e. The molecule has 0 N–H and O–H groups in total. The van der Waals surface area contributed by atoms with E-state index in [9.17, 15) is 13.2 Å². The molecule has 104 valence electrons. The largest absolute Gasteiger partial charge is 0.381 e. The van der Waals surface area contributed by atoms with Gasteiger partial charge in [-0.15, -0.1) is 0 Å². The lowest BCUT2D eigenvalue weighted by Gasteiger charge is -2.26. The average Bonchev–Trinajstić information content (AvgIpc) is 2.94. The van der Waals surface area contributed by atoms with Crippen molar-refractivity contribution in [1.29, 1.82) is 0 Å². The number of hydrogen-bond donors (Lipinski definition) is 0. The second-order valence-electron chi connectivity index (χ2n) is 5.21. The highest BCUT2D eigenvalue weighted by molar-refractivity contribution is 7.91. The molecule has 2 aliphatic heterocycles. The van der Waals surface area contributed by atoms with E-state index in [-0.39, 0.29) is 23.3 Å². The molecular weight excluding hydrogens is 254 g/mol. The smallest absolute Gasteiger partial charge is 0.226 e. The third-order valence-corrected chi connectivity index (χ3v) is 5.55. The van der Waals surface area contributed by atoms with Gasteiger partial charge >= 0.3 is 0 Å². The minimum absolute atomic E-state index is 0.00507. The van der Waals surface area contributed by atoms with E-state index in [4.69, 9.17) is 4.74 Å². The molecule has 2 rings (SSSR count). The van der Waals surface area contributed by atoms with Crippen LogP contribution in [-0.4, -0.2) is 57.0 Å². The van der Waals surface area contributed by atoms with Crippen molar-refractivity contribution in [3.63, 3.8) is 0 Å². The van der Waals surface area contributed by atoms with Gasteiger partial charge in [0.1, 0.15) is 0 Å². The summed E-state index contributed by atoms with van der Waals surface area (Å²) in [4.78, 5) is 14.1. The van der Waals surface area contributed by atoms with Crippen molar-refractivity contribution in [2.45, 2.75) is 19.8 Å². The molecule has 0 aliphatic carbocycles. The van der Waals surface area contributed by atoms with Gasteiger partial charge in [0.05, 0.1) is 24.0 Å². The van der Waals surface area contributed by atoms with Crippen LogP contribution < -0.4 is 0 Å². The highest BCUT2D eigenvalue weighted by Gasteiger charge is 2.35. The Labute approximate surface area is 108 Å². The van der Waals surface area contributed by atoms with Crippen LogP contribution in [0.1, 0.15) is 19.8 Å². The van der Waals surface area contributed by atoms with Crippen LogP contribution >= 0.6 is 0 Å². The van der Waals surface area contributed by atoms with Crippen molar-refractivity contribution < 1.29 is 17.9 Å². The van der Waals surface area contributed by atoms with E-state index in [1.54, 1.807) is 4.90 Å². The van der Waals surface area contributed by atoms with E-state index in [0.717, 1.165) is 13.0 Å². The molecule has 2 fully saturated rings. The summed E-state index contributed by atoms with van der Waals surface area (Å²) in [5.41, 5.74) is 0. The zero-order chi connectivity index (χ0) is 13.2. The number of carbonyl (C=O) groups excluding carboxylic acids is 1. The van der Waals surface area contributed by atoms with Gasteiger partial charge in [0.15, 0.2) is 9.84 Å². The molecule has 2 saturated heterocycles. The van der Waals surface area contributed by atoms with E-state index in [1.165, 1.54) is 0 Å². The van der Waals surface area contributed by atoms with E-state index >= 15 is 0 Å². The summed E-state index contributed by atoms with van der Waals surface area (Å²) in [5.74, 6) is 0.284. The maximum atomic E-state index is 12.3. The molecule has 0 aromatic rings. The molecule has 2 heterocycles. The molecule has 0 bridgehead atoms. The molecule has 0 aromatic carbocycles. The fourth-order valence-corrected chi connectivity index (χ4v) is 4.39. The third kappa shape index (κ3) is 3.23. The Hall–Kier alpha value is -0.620. The molecule has 0 radical (unpaired) electrons. The monoisotopic (exact) mass is 275 g/mol. The lowest BCUT2D eigenvalue weighted by atomic mass is 10.0. The first-order chi connectivity index (χ1) is 8.52. The van der Waals surface area contributed by atoms with Gasteiger partial charge in [-0.3, -0.25) is 4.79 Å². The molecular formula is C12H21NO4S. The van der Waals surface area contributed by atoms with Gasteiger partial charge < -0.3 is 9.64 Å². The Morgan fingerprint density at radius 2 is 2.17 bits per heavy atom. The Morgan fingerprint density at radius 1 is 1.39 bits per heavy atom. The molecule has 18 heavy (non-hydrogen) atoms. The van der Waals surface area contributed by atoms with Crippen LogP contribution in [0.2, 0.25) is 0 Å². The number of rotatable bonds is 4. The van der Waals surface area contributed by atoms with Gasteiger partial charge in [-0.2, -0.15) is 0 Å². The first-order valence-corrected chi connectivity index (χ1v) is 8.41. The Morgan fingerprint density at radius 3 is 2.67 bits per heavy atom. The Bertz CT molecular complexity index is 400. The summed E-state index contributed by atoms with van der Waals surface area (Å²) in [6.07, 6.45) is 1.48. The summed E-state index contributed by atoms with van der Waals surface area (Å²) in [7, 11) is -2.98. The zero-order valence-corrected chi connectivity index (χ0v) is 11.6. The summed E-state index contributed by atoms with van der Waals surface area (Å²) in [6, 6.07) is 0. The Balaban J connectivity index is 1.93. The van der Waals surface area contributed by atoms with E-state index in [0.29, 0.717) is 32.0 Å². The van der Waals surface area contributed by atoms with Gasteiger partial charge in [-0.05, 0) is 19.8 Å². The molecule has 0 aromatic heterocycles. The van der Waals surface area contributed by atoms with Crippen molar-refractivity contribution in [2.24, 2.45) is 11.8 Å². The molecule has 2 atom stereocenters. The van der Waals surface area contributed by atoms with Crippen LogP contribution in [0.3, 0.4) is 0 Å². The van der Waals surface area contributed by atoms with Crippen LogP contribution in [0, 0.1) is 11.8 Å². The normalized spacial score (nSPS) is 30.5. The first kappa shape index (κ1) is 13.8. The highest BCUT2D eigenvalue weighted by Crippen LogP contribution is 2.22. The number of amides is 1. The van der Waals surface area contributed by atoms with Crippen molar-refractivity contribution in [3.05, 3.63) is 0 Å². The Kier molecular flexibility index (Phi) is 4.27. The van der Waals surface area contributed by atoms with E-state index in [2.05, 4.69) is 0 Å². The van der Waals surface area contributed by atoms with Gasteiger partial charge in [-0.25, -0.2) is 8.42 Å². The lowest BCUT2D eigenvalue weighted by Crippen LogP contribution is -2.39. The minimum Gasteiger partial charge on any atom is -0.381 e. The van der Waals surface area contributed by atoms with Crippen molar-refractivity contribution >= 4 is 15.7 Å². The average molecular weight is 275 g/mol. The summed E-state index contributed by atoms with van der Waals surface area (Å²) in [6.45, 7) is 4.77. The molecule has 6 heteroatoms. The second kappa shape index (κ2) is 5.57. The molecule has 5 nitrogen and oxygen atoms in total. The van der Waals surface area contributed by atoms with Gasteiger partial charge in [0, 0.05) is 25.6 Å². The van der Waals surface area contributed by atoms with Crippen LogP contribution in [0.5, 0.6) is 0 Å².